The van der Waals surface area contributed by atoms with E-state index in [1.807, 2.05) is 30.1 Å². The first kappa shape index (κ1) is 12.5. The van der Waals surface area contributed by atoms with Gasteiger partial charge in [0.1, 0.15) is 0 Å². The highest BCUT2D eigenvalue weighted by Gasteiger charge is 2.34. The molecule has 0 spiro atoms. The summed E-state index contributed by atoms with van der Waals surface area (Å²) in [7, 11) is 2.02. The van der Waals surface area contributed by atoms with Crippen LogP contribution in [0, 0.1) is 0 Å². The van der Waals surface area contributed by atoms with Gasteiger partial charge < -0.3 is 16.0 Å². The number of benzene rings is 1. The third-order valence-corrected chi connectivity index (χ3v) is 4.44. The van der Waals surface area contributed by atoms with Gasteiger partial charge in [-0.15, -0.1) is 0 Å². The van der Waals surface area contributed by atoms with Crippen molar-refractivity contribution in [3.8, 4) is 0 Å². The molecule has 102 valence electrons. The van der Waals surface area contributed by atoms with E-state index in [4.69, 9.17) is 5.73 Å². The normalized spacial score (nSPS) is 26.6. The van der Waals surface area contributed by atoms with Gasteiger partial charge in [-0.05, 0) is 56.5 Å². The van der Waals surface area contributed by atoms with E-state index in [2.05, 4.69) is 5.32 Å². The number of anilines is 2. The number of nitrogens with two attached hydrogens (primary N) is 1. The van der Waals surface area contributed by atoms with Crippen LogP contribution in [0.3, 0.4) is 0 Å². The van der Waals surface area contributed by atoms with Gasteiger partial charge in [-0.2, -0.15) is 0 Å². The molecule has 1 heterocycles. The van der Waals surface area contributed by atoms with E-state index >= 15 is 0 Å². The van der Waals surface area contributed by atoms with E-state index in [1.165, 1.54) is 0 Å². The van der Waals surface area contributed by atoms with Crippen LogP contribution in [0.5, 0.6) is 0 Å². The maximum atomic E-state index is 12.3. The first-order chi connectivity index (χ1) is 9.19. The van der Waals surface area contributed by atoms with Gasteiger partial charge in [0.05, 0.1) is 6.42 Å². The average Bonchev–Trinajstić information content (AvgIpc) is 2.74. The fraction of sp³-hybridized carbons (Fsp3) is 0.533. The number of carbonyl (C=O) groups excluding carboxylic acids is 1. The number of fused-ring (bicyclic) bond motifs is 1. The zero-order chi connectivity index (χ0) is 13.4. The fourth-order valence-electron chi connectivity index (χ4n) is 3.39. The Hall–Kier alpha value is -1.55. The molecule has 1 fully saturated rings. The van der Waals surface area contributed by atoms with Crippen LogP contribution in [0.2, 0.25) is 0 Å². The van der Waals surface area contributed by atoms with Crippen LogP contribution in [-0.2, 0) is 11.2 Å². The predicted octanol–water partition coefficient (Wildman–Crippen LogP) is 1.69. The summed E-state index contributed by atoms with van der Waals surface area (Å²) in [5.74, 6) is 0.230. The molecule has 4 heteroatoms. The topological polar surface area (TPSA) is 58.4 Å². The van der Waals surface area contributed by atoms with Crippen molar-refractivity contribution in [3.05, 3.63) is 23.8 Å². The van der Waals surface area contributed by atoms with Crippen molar-refractivity contribution in [2.45, 2.75) is 44.2 Å². The Morgan fingerprint density at radius 3 is 2.68 bits per heavy atom. The summed E-state index contributed by atoms with van der Waals surface area (Å²) in [5, 5.41) is 3.33. The molecule has 0 unspecified atom stereocenters. The maximum absolute atomic E-state index is 12.3. The molecule has 2 aliphatic rings. The minimum Gasteiger partial charge on any atom is -0.399 e. The van der Waals surface area contributed by atoms with Crippen LogP contribution in [-0.4, -0.2) is 25.0 Å². The molecule has 1 amide bonds. The molecule has 0 saturated heterocycles. The van der Waals surface area contributed by atoms with Gasteiger partial charge in [0.25, 0.3) is 0 Å². The predicted molar refractivity (Wildman–Crippen MR) is 77.1 cm³/mol. The Morgan fingerprint density at radius 1 is 1.26 bits per heavy atom. The van der Waals surface area contributed by atoms with Crippen LogP contribution in [0.15, 0.2) is 18.2 Å². The lowest BCUT2D eigenvalue weighted by molar-refractivity contribution is -0.118. The summed E-state index contributed by atoms with van der Waals surface area (Å²) in [5.41, 5.74) is 8.70. The number of hydrogen-bond donors (Lipinski definition) is 2. The minimum atomic E-state index is 0.230. The van der Waals surface area contributed by atoms with Gasteiger partial charge in [-0.25, -0.2) is 0 Å². The van der Waals surface area contributed by atoms with Gasteiger partial charge in [0.2, 0.25) is 5.91 Å². The summed E-state index contributed by atoms with van der Waals surface area (Å²) < 4.78 is 0. The molecule has 1 aromatic rings. The zero-order valence-corrected chi connectivity index (χ0v) is 11.4. The molecule has 1 aliphatic heterocycles. The number of nitrogens with one attached hydrogen (secondary N) is 1. The largest absolute Gasteiger partial charge is 0.399 e. The second-order valence-corrected chi connectivity index (χ2v) is 5.62. The van der Waals surface area contributed by atoms with E-state index < -0.39 is 0 Å². The van der Waals surface area contributed by atoms with Crippen LogP contribution in [0.25, 0.3) is 0 Å². The average molecular weight is 259 g/mol. The molecule has 19 heavy (non-hydrogen) atoms. The smallest absolute Gasteiger partial charge is 0.231 e. The highest BCUT2D eigenvalue weighted by molar-refractivity contribution is 6.02. The summed E-state index contributed by atoms with van der Waals surface area (Å²) in [6.07, 6.45) is 4.97. The number of rotatable bonds is 2. The standard InChI is InChI=1S/C15H21N3O/c1-17-12-3-5-13(6-4-12)18-14-7-2-11(16)8-10(14)9-15(18)19/h2,7-8,12-13,17H,3-6,9,16H2,1H3. The van der Waals surface area contributed by atoms with Crippen molar-refractivity contribution in [1.29, 1.82) is 0 Å². The molecule has 3 rings (SSSR count). The molecule has 3 N–H and O–H groups in total. The maximum Gasteiger partial charge on any atom is 0.231 e. The molecule has 1 aliphatic carbocycles. The Morgan fingerprint density at radius 2 is 2.00 bits per heavy atom. The Balaban J connectivity index is 1.81. The SMILES string of the molecule is CNC1CCC(N2C(=O)Cc3cc(N)ccc32)CC1. The van der Waals surface area contributed by atoms with E-state index in [1.54, 1.807) is 0 Å². The van der Waals surface area contributed by atoms with Crippen molar-refractivity contribution in [2.24, 2.45) is 0 Å². The lowest BCUT2D eigenvalue weighted by atomic mass is 9.90. The lowest BCUT2D eigenvalue weighted by Gasteiger charge is -2.35. The van der Waals surface area contributed by atoms with Crippen LogP contribution < -0.4 is 16.0 Å². The van der Waals surface area contributed by atoms with Crippen molar-refractivity contribution >= 4 is 17.3 Å². The first-order valence-corrected chi connectivity index (χ1v) is 7.07. The molecular weight excluding hydrogens is 238 g/mol. The second kappa shape index (κ2) is 4.85. The van der Waals surface area contributed by atoms with E-state index in [0.717, 1.165) is 42.6 Å². The van der Waals surface area contributed by atoms with Crippen molar-refractivity contribution in [3.63, 3.8) is 0 Å². The third kappa shape index (κ3) is 2.21. The molecule has 1 saturated carbocycles. The molecule has 0 bridgehead atoms. The Labute approximate surface area is 114 Å². The Kier molecular flexibility index (Phi) is 3.19. The van der Waals surface area contributed by atoms with Gasteiger partial charge in [0, 0.05) is 23.5 Å². The highest BCUT2D eigenvalue weighted by Crippen LogP contribution is 2.36. The van der Waals surface area contributed by atoms with E-state index in [-0.39, 0.29) is 5.91 Å². The highest BCUT2D eigenvalue weighted by atomic mass is 16.2. The first-order valence-electron chi connectivity index (χ1n) is 7.07. The molecular formula is C15H21N3O. The lowest BCUT2D eigenvalue weighted by Crippen LogP contribution is -2.43. The van der Waals surface area contributed by atoms with Crippen molar-refractivity contribution in [1.82, 2.24) is 5.32 Å². The third-order valence-electron chi connectivity index (χ3n) is 4.44. The number of nitrogen functional groups attached to an aromatic ring is 1. The summed E-state index contributed by atoms with van der Waals surface area (Å²) in [4.78, 5) is 14.3. The van der Waals surface area contributed by atoms with Gasteiger partial charge >= 0.3 is 0 Å². The van der Waals surface area contributed by atoms with Crippen LogP contribution >= 0.6 is 0 Å². The molecule has 0 radical (unpaired) electrons. The van der Waals surface area contributed by atoms with E-state index in [0.29, 0.717) is 18.5 Å². The van der Waals surface area contributed by atoms with E-state index in [9.17, 15) is 4.79 Å². The van der Waals surface area contributed by atoms with Crippen LogP contribution in [0.4, 0.5) is 11.4 Å². The quantitative estimate of drug-likeness (QED) is 0.795. The van der Waals surface area contributed by atoms with Crippen LogP contribution in [0.1, 0.15) is 31.2 Å². The number of carbonyl (C=O) groups is 1. The zero-order valence-electron chi connectivity index (χ0n) is 11.4. The minimum absolute atomic E-state index is 0.230. The fourth-order valence-corrected chi connectivity index (χ4v) is 3.39. The Bertz CT molecular complexity index is 492. The second-order valence-electron chi connectivity index (χ2n) is 5.62. The van der Waals surface area contributed by atoms with Crippen molar-refractivity contribution < 1.29 is 4.79 Å². The molecule has 1 aromatic carbocycles. The summed E-state index contributed by atoms with van der Waals surface area (Å²) in [6, 6.07) is 6.80. The number of nitrogens with zero attached hydrogens (tertiary/aromatic N) is 1. The summed E-state index contributed by atoms with van der Waals surface area (Å²) >= 11 is 0. The summed E-state index contributed by atoms with van der Waals surface area (Å²) in [6.45, 7) is 0. The van der Waals surface area contributed by atoms with Gasteiger partial charge in [0.15, 0.2) is 0 Å². The molecule has 4 nitrogen and oxygen atoms in total. The number of amides is 1. The van der Waals surface area contributed by atoms with Gasteiger partial charge in [-0.1, -0.05) is 0 Å². The monoisotopic (exact) mass is 259 g/mol. The molecule has 0 aromatic heterocycles. The van der Waals surface area contributed by atoms with Gasteiger partial charge in [-0.3, -0.25) is 4.79 Å². The number of hydrogen-bond acceptors (Lipinski definition) is 3. The van der Waals surface area contributed by atoms with Crippen molar-refractivity contribution in [2.75, 3.05) is 17.7 Å². The molecule has 0 atom stereocenters.